The van der Waals surface area contributed by atoms with E-state index in [4.69, 9.17) is 11.6 Å². The number of nitrogens with one attached hydrogen (secondary N) is 2. The summed E-state index contributed by atoms with van der Waals surface area (Å²) in [6.45, 7) is 0.404. The highest BCUT2D eigenvalue weighted by atomic mass is 35.5. The van der Waals surface area contributed by atoms with Crippen LogP contribution in [0.2, 0.25) is 5.02 Å². The van der Waals surface area contributed by atoms with Crippen molar-refractivity contribution in [3.63, 3.8) is 0 Å². The number of hydrogen-bond acceptors (Lipinski definition) is 5. The summed E-state index contributed by atoms with van der Waals surface area (Å²) in [7, 11) is 0. The SMILES string of the molecule is O=C1CCC(CNc2ncc(Cl)cc2[N+](=O)[O-])N1. The lowest BCUT2D eigenvalue weighted by Crippen LogP contribution is -2.32. The van der Waals surface area contributed by atoms with Gasteiger partial charge in [-0.05, 0) is 6.42 Å². The zero-order chi connectivity index (χ0) is 13.1. The first kappa shape index (κ1) is 12.6. The molecule has 7 nitrogen and oxygen atoms in total. The monoisotopic (exact) mass is 270 g/mol. The van der Waals surface area contributed by atoms with Crippen molar-refractivity contribution < 1.29 is 9.72 Å². The van der Waals surface area contributed by atoms with E-state index in [2.05, 4.69) is 15.6 Å². The van der Waals surface area contributed by atoms with Crippen LogP contribution in [-0.4, -0.2) is 28.4 Å². The molecule has 1 unspecified atom stereocenters. The fraction of sp³-hybridized carbons (Fsp3) is 0.400. The van der Waals surface area contributed by atoms with E-state index >= 15 is 0 Å². The Bertz CT molecular complexity index is 494. The fourth-order valence-corrected chi connectivity index (χ4v) is 1.91. The topological polar surface area (TPSA) is 97.2 Å². The van der Waals surface area contributed by atoms with Crippen molar-refractivity contribution >= 4 is 29.0 Å². The van der Waals surface area contributed by atoms with Crippen LogP contribution in [0.25, 0.3) is 0 Å². The second-order valence-electron chi connectivity index (χ2n) is 3.96. The number of nitrogens with zero attached hydrogens (tertiary/aromatic N) is 2. The van der Waals surface area contributed by atoms with Crippen molar-refractivity contribution in [3.8, 4) is 0 Å². The van der Waals surface area contributed by atoms with Crippen molar-refractivity contribution in [3.05, 3.63) is 27.4 Å². The molecule has 0 spiro atoms. The summed E-state index contributed by atoms with van der Waals surface area (Å²) in [5.41, 5.74) is -0.174. The summed E-state index contributed by atoms with van der Waals surface area (Å²) in [4.78, 5) is 25.2. The second kappa shape index (κ2) is 5.18. The van der Waals surface area contributed by atoms with Crippen molar-refractivity contribution in [1.29, 1.82) is 0 Å². The third-order valence-electron chi connectivity index (χ3n) is 2.63. The van der Waals surface area contributed by atoms with Gasteiger partial charge >= 0.3 is 5.69 Å². The van der Waals surface area contributed by atoms with E-state index in [1.807, 2.05) is 0 Å². The number of aromatic nitrogens is 1. The van der Waals surface area contributed by atoms with Gasteiger partial charge in [0.15, 0.2) is 0 Å². The maximum absolute atomic E-state index is 11.0. The van der Waals surface area contributed by atoms with Gasteiger partial charge in [-0.3, -0.25) is 14.9 Å². The molecule has 1 atom stereocenters. The van der Waals surface area contributed by atoms with E-state index in [1.165, 1.54) is 12.3 Å². The first-order valence-electron chi connectivity index (χ1n) is 5.39. The predicted octanol–water partition coefficient (Wildman–Crippen LogP) is 1.33. The molecule has 2 rings (SSSR count). The standard InChI is InChI=1S/C10H11ClN4O3/c11-6-3-8(15(17)18)10(12-4-6)13-5-7-1-2-9(16)14-7/h3-4,7H,1-2,5H2,(H,12,13)(H,14,16). The van der Waals surface area contributed by atoms with Crippen LogP contribution < -0.4 is 10.6 Å². The lowest BCUT2D eigenvalue weighted by atomic mass is 10.2. The minimum absolute atomic E-state index is 0.000338. The molecule has 1 aliphatic heterocycles. The van der Waals surface area contributed by atoms with Gasteiger partial charge in [0.1, 0.15) is 0 Å². The molecule has 8 heteroatoms. The summed E-state index contributed by atoms with van der Waals surface area (Å²) in [5, 5.41) is 16.6. The van der Waals surface area contributed by atoms with Gasteiger partial charge in [0.05, 0.1) is 9.95 Å². The van der Waals surface area contributed by atoms with Crippen molar-refractivity contribution in [2.75, 3.05) is 11.9 Å². The van der Waals surface area contributed by atoms with Crippen LogP contribution in [0.5, 0.6) is 0 Å². The number of carbonyl (C=O) groups excluding carboxylic acids is 1. The summed E-state index contributed by atoms with van der Waals surface area (Å²) < 4.78 is 0. The van der Waals surface area contributed by atoms with E-state index in [-0.39, 0.29) is 28.5 Å². The lowest BCUT2D eigenvalue weighted by molar-refractivity contribution is -0.384. The Morgan fingerprint density at radius 2 is 2.44 bits per heavy atom. The molecule has 0 saturated carbocycles. The van der Waals surface area contributed by atoms with Gasteiger partial charge in [-0.25, -0.2) is 4.98 Å². The largest absolute Gasteiger partial charge is 0.362 e. The molecule has 1 fully saturated rings. The summed E-state index contributed by atoms with van der Waals surface area (Å²) >= 11 is 5.66. The normalized spacial score (nSPS) is 18.5. The number of amides is 1. The molecular formula is C10H11ClN4O3. The molecule has 0 radical (unpaired) electrons. The second-order valence-corrected chi connectivity index (χ2v) is 4.40. The Kier molecular flexibility index (Phi) is 3.61. The highest BCUT2D eigenvalue weighted by molar-refractivity contribution is 6.30. The minimum atomic E-state index is -0.547. The Morgan fingerprint density at radius 1 is 1.67 bits per heavy atom. The van der Waals surface area contributed by atoms with Crippen LogP contribution in [0.3, 0.4) is 0 Å². The average Bonchev–Trinajstić information content (AvgIpc) is 2.73. The van der Waals surface area contributed by atoms with Gasteiger partial charge in [0.2, 0.25) is 11.7 Å². The van der Waals surface area contributed by atoms with E-state index < -0.39 is 4.92 Å². The van der Waals surface area contributed by atoms with Crippen LogP contribution in [0, 0.1) is 10.1 Å². The quantitative estimate of drug-likeness (QED) is 0.635. The molecule has 1 aliphatic rings. The maximum Gasteiger partial charge on any atom is 0.312 e. The number of hydrogen-bond donors (Lipinski definition) is 2. The van der Waals surface area contributed by atoms with Crippen LogP contribution in [0.4, 0.5) is 11.5 Å². The third kappa shape index (κ3) is 2.86. The number of pyridine rings is 1. The van der Waals surface area contributed by atoms with Crippen molar-refractivity contribution in [1.82, 2.24) is 10.3 Å². The fourth-order valence-electron chi connectivity index (χ4n) is 1.75. The molecule has 1 amide bonds. The van der Waals surface area contributed by atoms with E-state index in [1.54, 1.807) is 0 Å². The molecule has 2 heterocycles. The Morgan fingerprint density at radius 3 is 3.06 bits per heavy atom. The highest BCUT2D eigenvalue weighted by Gasteiger charge is 2.22. The number of halogens is 1. The molecule has 0 aliphatic carbocycles. The van der Waals surface area contributed by atoms with E-state index in [9.17, 15) is 14.9 Å². The Hall–Kier alpha value is -1.89. The number of carbonyl (C=O) groups is 1. The van der Waals surface area contributed by atoms with Crippen molar-refractivity contribution in [2.24, 2.45) is 0 Å². The maximum atomic E-state index is 11.0. The Balaban J connectivity index is 2.04. The van der Waals surface area contributed by atoms with E-state index in [0.29, 0.717) is 19.4 Å². The average molecular weight is 271 g/mol. The van der Waals surface area contributed by atoms with Gasteiger partial charge in [-0.2, -0.15) is 0 Å². The number of nitro groups is 1. The van der Waals surface area contributed by atoms with Crippen LogP contribution >= 0.6 is 11.6 Å². The molecule has 1 aromatic rings. The lowest BCUT2D eigenvalue weighted by Gasteiger charge is -2.11. The highest BCUT2D eigenvalue weighted by Crippen LogP contribution is 2.25. The predicted molar refractivity (Wildman–Crippen MR) is 65.6 cm³/mol. The van der Waals surface area contributed by atoms with Crippen LogP contribution in [0.15, 0.2) is 12.3 Å². The molecule has 96 valence electrons. The molecule has 2 N–H and O–H groups in total. The molecule has 0 aromatic carbocycles. The first-order valence-corrected chi connectivity index (χ1v) is 5.77. The molecule has 1 saturated heterocycles. The third-order valence-corrected chi connectivity index (χ3v) is 2.84. The van der Waals surface area contributed by atoms with E-state index in [0.717, 1.165) is 0 Å². The van der Waals surface area contributed by atoms with Crippen LogP contribution in [0.1, 0.15) is 12.8 Å². The zero-order valence-corrected chi connectivity index (χ0v) is 10.1. The van der Waals surface area contributed by atoms with Gasteiger partial charge in [-0.1, -0.05) is 11.6 Å². The molecular weight excluding hydrogens is 260 g/mol. The first-order chi connectivity index (χ1) is 8.56. The number of anilines is 1. The van der Waals surface area contributed by atoms with Gasteiger partial charge in [0, 0.05) is 31.3 Å². The zero-order valence-electron chi connectivity index (χ0n) is 9.35. The van der Waals surface area contributed by atoms with Gasteiger partial charge in [0.25, 0.3) is 0 Å². The van der Waals surface area contributed by atoms with Crippen LogP contribution in [-0.2, 0) is 4.79 Å². The summed E-state index contributed by atoms with van der Waals surface area (Å²) in [5.74, 6) is 0.158. The molecule has 18 heavy (non-hydrogen) atoms. The van der Waals surface area contributed by atoms with Crippen molar-refractivity contribution in [2.45, 2.75) is 18.9 Å². The smallest absolute Gasteiger partial charge is 0.312 e. The molecule has 0 bridgehead atoms. The minimum Gasteiger partial charge on any atom is -0.362 e. The summed E-state index contributed by atoms with van der Waals surface area (Å²) in [6, 6.07) is 1.22. The van der Waals surface area contributed by atoms with Gasteiger partial charge in [-0.15, -0.1) is 0 Å². The van der Waals surface area contributed by atoms with Gasteiger partial charge < -0.3 is 10.6 Å². The molecule has 1 aromatic heterocycles. The number of rotatable bonds is 4. The Labute approximate surface area is 108 Å². The summed E-state index contributed by atoms with van der Waals surface area (Å²) in [6.07, 6.45) is 2.54.